The summed E-state index contributed by atoms with van der Waals surface area (Å²) < 4.78 is 0. The van der Waals surface area contributed by atoms with Gasteiger partial charge in [-0.05, 0) is 31.6 Å². The van der Waals surface area contributed by atoms with Gasteiger partial charge < -0.3 is 0 Å². The largest absolute Gasteiger partial charge is 0.155 e. The highest BCUT2D eigenvalue weighted by Gasteiger charge is 2.27. The molecule has 0 spiro atoms. The van der Waals surface area contributed by atoms with Crippen LogP contribution in [0.2, 0.25) is 0 Å². The van der Waals surface area contributed by atoms with Crippen LogP contribution < -0.4 is 0 Å². The van der Waals surface area contributed by atoms with E-state index in [2.05, 4.69) is 18.7 Å². The summed E-state index contributed by atoms with van der Waals surface area (Å²) in [5.41, 5.74) is 0. The standard InChI is InChI=1S/C13H24S/c1-11-7-3-2-4-10-13(14-11)12-8-5-6-9-12/h11-13H,2-10H2,1H3. The maximum atomic E-state index is 2.44. The van der Waals surface area contributed by atoms with Crippen LogP contribution in [0, 0.1) is 5.92 Å². The smallest absolute Gasteiger partial charge is 0.00780 e. The number of hydrogen-bond acceptors (Lipinski definition) is 1. The van der Waals surface area contributed by atoms with Crippen LogP contribution in [0.5, 0.6) is 0 Å². The first kappa shape index (κ1) is 10.9. The van der Waals surface area contributed by atoms with Gasteiger partial charge in [0, 0.05) is 10.5 Å². The van der Waals surface area contributed by atoms with Crippen molar-refractivity contribution in [2.75, 3.05) is 0 Å². The fourth-order valence-corrected chi connectivity index (χ4v) is 4.76. The zero-order valence-corrected chi connectivity index (χ0v) is 10.3. The molecule has 0 amide bonds. The van der Waals surface area contributed by atoms with Crippen LogP contribution >= 0.6 is 11.8 Å². The summed E-state index contributed by atoms with van der Waals surface area (Å²) in [6.45, 7) is 2.44. The van der Waals surface area contributed by atoms with E-state index < -0.39 is 0 Å². The summed E-state index contributed by atoms with van der Waals surface area (Å²) in [6, 6.07) is 0. The molecular weight excluding hydrogens is 188 g/mol. The van der Waals surface area contributed by atoms with E-state index in [1.807, 2.05) is 0 Å². The van der Waals surface area contributed by atoms with Gasteiger partial charge in [-0.1, -0.05) is 39.0 Å². The third-order valence-corrected chi connectivity index (χ3v) is 5.60. The SMILES string of the molecule is CC1CCCCCC(C2CCCC2)S1. The van der Waals surface area contributed by atoms with Crippen molar-refractivity contribution in [3.05, 3.63) is 0 Å². The van der Waals surface area contributed by atoms with Crippen LogP contribution in [0.4, 0.5) is 0 Å². The Labute approximate surface area is 93.2 Å². The summed E-state index contributed by atoms with van der Waals surface area (Å²) in [6.07, 6.45) is 13.5. The molecule has 14 heavy (non-hydrogen) atoms. The molecule has 2 rings (SSSR count). The lowest BCUT2D eigenvalue weighted by atomic mass is 9.98. The Hall–Kier alpha value is 0.350. The van der Waals surface area contributed by atoms with Crippen LogP contribution in [0.15, 0.2) is 0 Å². The topological polar surface area (TPSA) is 0 Å². The molecule has 1 saturated carbocycles. The van der Waals surface area contributed by atoms with Crippen LogP contribution in [-0.2, 0) is 0 Å². The van der Waals surface area contributed by atoms with Gasteiger partial charge in [0.05, 0.1) is 0 Å². The monoisotopic (exact) mass is 212 g/mol. The summed E-state index contributed by atoms with van der Waals surface area (Å²) in [7, 11) is 0. The molecule has 0 nitrogen and oxygen atoms in total. The molecule has 0 N–H and O–H groups in total. The Morgan fingerprint density at radius 2 is 1.43 bits per heavy atom. The Morgan fingerprint density at radius 3 is 2.21 bits per heavy atom. The second-order valence-corrected chi connectivity index (χ2v) is 6.85. The van der Waals surface area contributed by atoms with Crippen molar-refractivity contribution in [2.24, 2.45) is 5.92 Å². The number of rotatable bonds is 1. The maximum absolute atomic E-state index is 2.44. The highest BCUT2D eigenvalue weighted by atomic mass is 32.2. The molecule has 2 unspecified atom stereocenters. The molecule has 1 saturated heterocycles. The first-order valence-electron chi connectivity index (χ1n) is 6.52. The first-order chi connectivity index (χ1) is 6.86. The van der Waals surface area contributed by atoms with Crippen molar-refractivity contribution in [1.29, 1.82) is 0 Å². The fraction of sp³-hybridized carbons (Fsp3) is 1.00. The van der Waals surface area contributed by atoms with Crippen molar-refractivity contribution in [3.8, 4) is 0 Å². The van der Waals surface area contributed by atoms with Gasteiger partial charge in [0.2, 0.25) is 0 Å². The molecule has 1 aliphatic carbocycles. The van der Waals surface area contributed by atoms with E-state index in [-0.39, 0.29) is 0 Å². The van der Waals surface area contributed by atoms with E-state index in [9.17, 15) is 0 Å². The Kier molecular flexibility index (Phi) is 4.22. The average Bonchev–Trinajstić information content (AvgIpc) is 2.63. The Bertz CT molecular complexity index is 161. The van der Waals surface area contributed by atoms with Gasteiger partial charge in [0.15, 0.2) is 0 Å². The van der Waals surface area contributed by atoms with Gasteiger partial charge in [0.1, 0.15) is 0 Å². The molecule has 1 heterocycles. The minimum atomic E-state index is 0.931. The van der Waals surface area contributed by atoms with Crippen LogP contribution in [0.25, 0.3) is 0 Å². The van der Waals surface area contributed by atoms with Crippen LogP contribution in [0.1, 0.15) is 64.7 Å². The summed E-state index contributed by atoms with van der Waals surface area (Å²) in [5, 5.41) is 1.95. The highest BCUT2D eigenvalue weighted by molar-refractivity contribution is 8.00. The van der Waals surface area contributed by atoms with Crippen molar-refractivity contribution >= 4 is 11.8 Å². The predicted octanol–water partition coefficient (Wildman–Crippen LogP) is 4.63. The van der Waals surface area contributed by atoms with E-state index in [1.54, 1.807) is 0 Å². The van der Waals surface area contributed by atoms with Crippen molar-refractivity contribution in [2.45, 2.75) is 75.2 Å². The molecule has 82 valence electrons. The van der Waals surface area contributed by atoms with E-state index in [4.69, 9.17) is 0 Å². The molecule has 2 aliphatic rings. The van der Waals surface area contributed by atoms with Gasteiger partial charge in [-0.25, -0.2) is 0 Å². The summed E-state index contributed by atoms with van der Waals surface area (Å²) in [5.74, 6) is 1.08. The lowest BCUT2D eigenvalue weighted by Gasteiger charge is -2.28. The van der Waals surface area contributed by atoms with Gasteiger partial charge in [0.25, 0.3) is 0 Å². The minimum Gasteiger partial charge on any atom is -0.155 e. The van der Waals surface area contributed by atoms with Crippen molar-refractivity contribution in [3.63, 3.8) is 0 Å². The van der Waals surface area contributed by atoms with Crippen LogP contribution in [-0.4, -0.2) is 10.5 Å². The molecule has 1 aliphatic heterocycles. The summed E-state index contributed by atoms with van der Waals surface area (Å²) >= 11 is 2.32. The normalized spacial score (nSPS) is 36.6. The molecule has 0 aromatic carbocycles. The average molecular weight is 212 g/mol. The predicted molar refractivity (Wildman–Crippen MR) is 65.9 cm³/mol. The first-order valence-corrected chi connectivity index (χ1v) is 7.46. The van der Waals surface area contributed by atoms with E-state index >= 15 is 0 Å². The third-order valence-electron chi connectivity index (χ3n) is 3.93. The van der Waals surface area contributed by atoms with Gasteiger partial charge >= 0.3 is 0 Å². The minimum absolute atomic E-state index is 0.931. The molecular formula is C13H24S. The Balaban J connectivity index is 1.86. The van der Waals surface area contributed by atoms with Gasteiger partial charge in [-0.15, -0.1) is 0 Å². The molecule has 0 aromatic heterocycles. The lowest BCUT2D eigenvalue weighted by molar-refractivity contribution is 0.466. The second kappa shape index (κ2) is 5.44. The molecule has 2 atom stereocenters. The zero-order valence-electron chi connectivity index (χ0n) is 9.50. The summed E-state index contributed by atoms with van der Waals surface area (Å²) in [4.78, 5) is 0. The van der Waals surface area contributed by atoms with E-state index in [1.165, 1.54) is 57.8 Å². The fourth-order valence-electron chi connectivity index (χ4n) is 3.06. The number of hydrogen-bond donors (Lipinski definition) is 0. The second-order valence-electron chi connectivity index (χ2n) is 5.17. The molecule has 1 heteroatoms. The van der Waals surface area contributed by atoms with E-state index in [0.29, 0.717) is 0 Å². The van der Waals surface area contributed by atoms with Crippen molar-refractivity contribution < 1.29 is 0 Å². The molecule has 0 aromatic rings. The lowest BCUT2D eigenvalue weighted by Crippen LogP contribution is -2.19. The van der Waals surface area contributed by atoms with Crippen molar-refractivity contribution in [1.82, 2.24) is 0 Å². The van der Waals surface area contributed by atoms with Gasteiger partial charge in [-0.3, -0.25) is 0 Å². The Morgan fingerprint density at radius 1 is 0.786 bits per heavy atom. The molecule has 2 fully saturated rings. The van der Waals surface area contributed by atoms with E-state index in [0.717, 1.165) is 16.4 Å². The quantitative estimate of drug-likeness (QED) is 0.610. The molecule has 0 radical (unpaired) electrons. The number of thioether (sulfide) groups is 1. The maximum Gasteiger partial charge on any atom is 0.00780 e. The van der Waals surface area contributed by atoms with Gasteiger partial charge in [-0.2, -0.15) is 11.8 Å². The van der Waals surface area contributed by atoms with Crippen LogP contribution in [0.3, 0.4) is 0 Å². The highest BCUT2D eigenvalue weighted by Crippen LogP contribution is 2.40. The zero-order chi connectivity index (χ0) is 9.80. The molecule has 0 bridgehead atoms. The third kappa shape index (κ3) is 2.92.